The largest absolute Gasteiger partial charge is 0.354 e. The van der Waals surface area contributed by atoms with Crippen LogP contribution in [0.2, 0.25) is 0 Å². The van der Waals surface area contributed by atoms with Gasteiger partial charge in [0.1, 0.15) is 0 Å². The lowest BCUT2D eigenvalue weighted by atomic mass is 10.1. The third kappa shape index (κ3) is 7.20. The molecule has 1 rings (SSSR count). The van der Waals surface area contributed by atoms with Crippen molar-refractivity contribution in [1.29, 1.82) is 0 Å². The highest BCUT2D eigenvalue weighted by molar-refractivity contribution is 14.0. The van der Waals surface area contributed by atoms with E-state index >= 15 is 0 Å². The number of nitrogens with one attached hydrogen (secondary N) is 2. The SMILES string of the molecule is CCN(CC)C(=O)c1ccc(CNC(=NC)NC(C)C)cc1.I. The molecule has 1 aromatic rings. The molecule has 0 radical (unpaired) electrons. The zero-order chi connectivity index (χ0) is 16.5. The highest BCUT2D eigenvalue weighted by atomic mass is 127. The van der Waals surface area contributed by atoms with Gasteiger partial charge in [-0.1, -0.05) is 12.1 Å². The van der Waals surface area contributed by atoms with Crippen LogP contribution >= 0.6 is 24.0 Å². The van der Waals surface area contributed by atoms with Crippen LogP contribution in [-0.2, 0) is 6.54 Å². The molecule has 0 spiro atoms. The van der Waals surface area contributed by atoms with Crippen LogP contribution in [0, 0.1) is 0 Å². The Kier molecular flexibility index (Phi) is 10.6. The van der Waals surface area contributed by atoms with Crippen LogP contribution in [0.4, 0.5) is 0 Å². The van der Waals surface area contributed by atoms with Gasteiger partial charge in [0.15, 0.2) is 5.96 Å². The Morgan fingerprint density at radius 3 is 2.17 bits per heavy atom. The van der Waals surface area contributed by atoms with Crippen LogP contribution in [0.3, 0.4) is 0 Å². The Bertz CT molecular complexity index is 496. The quantitative estimate of drug-likeness (QED) is 0.413. The van der Waals surface area contributed by atoms with Gasteiger partial charge in [-0.05, 0) is 45.4 Å². The van der Waals surface area contributed by atoms with Gasteiger partial charge in [0.25, 0.3) is 5.91 Å². The maximum atomic E-state index is 12.2. The molecule has 0 bridgehead atoms. The molecule has 2 N–H and O–H groups in total. The van der Waals surface area contributed by atoms with Crippen molar-refractivity contribution in [3.05, 3.63) is 35.4 Å². The van der Waals surface area contributed by atoms with E-state index < -0.39 is 0 Å². The molecule has 6 heteroatoms. The molecule has 0 aliphatic rings. The highest BCUT2D eigenvalue weighted by Crippen LogP contribution is 2.08. The lowest BCUT2D eigenvalue weighted by Gasteiger charge is -2.19. The van der Waals surface area contributed by atoms with Gasteiger partial charge in [0.05, 0.1) is 0 Å². The van der Waals surface area contributed by atoms with Crippen molar-refractivity contribution in [3.8, 4) is 0 Å². The first-order valence-corrected chi connectivity index (χ1v) is 7.87. The van der Waals surface area contributed by atoms with Crippen molar-refractivity contribution >= 4 is 35.8 Å². The first-order valence-electron chi connectivity index (χ1n) is 7.87. The maximum Gasteiger partial charge on any atom is 0.253 e. The Morgan fingerprint density at radius 1 is 1.17 bits per heavy atom. The fourth-order valence-electron chi connectivity index (χ4n) is 2.11. The third-order valence-corrected chi connectivity index (χ3v) is 3.36. The average molecular weight is 432 g/mol. The van der Waals surface area contributed by atoms with Crippen molar-refractivity contribution in [3.63, 3.8) is 0 Å². The Hall–Kier alpha value is -1.31. The van der Waals surface area contributed by atoms with Crippen molar-refractivity contribution in [1.82, 2.24) is 15.5 Å². The second kappa shape index (κ2) is 11.3. The summed E-state index contributed by atoms with van der Waals surface area (Å²) in [5.74, 6) is 0.861. The number of carbonyl (C=O) groups excluding carboxylic acids is 1. The number of hydrogen-bond acceptors (Lipinski definition) is 2. The summed E-state index contributed by atoms with van der Waals surface area (Å²) >= 11 is 0. The van der Waals surface area contributed by atoms with Gasteiger partial charge in [-0.15, -0.1) is 24.0 Å². The van der Waals surface area contributed by atoms with Crippen LogP contribution in [-0.4, -0.2) is 42.9 Å². The predicted molar refractivity (Wildman–Crippen MR) is 108 cm³/mol. The van der Waals surface area contributed by atoms with Crippen LogP contribution in [0.25, 0.3) is 0 Å². The fraction of sp³-hybridized carbons (Fsp3) is 0.529. The first kappa shape index (κ1) is 21.7. The number of amides is 1. The van der Waals surface area contributed by atoms with E-state index in [0.717, 1.165) is 30.2 Å². The zero-order valence-corrected chi connectivity index (χ0v) is 17.0. The summed E-state index contributed by atoms with van der Waals surface area (Å²) < 4.78 is 0. The van der Waals surface area contributed by atoms with E-state index in [2.05, 4.69) is 29.5 Å². The van der Waals surface area contributed by atoms with Gasteiger partial charge < -0.3 is 15.5 Å². The van der Waals surface area contributed by atoms with Crippen LogP contribution in [0.1, 0.15) is 43.6 Å². The number of guanidine groups is 1. The minimum Gasteiger partial charge on any atom is -0.354 e. The number of nitrogens with zero attached hydrogens (tertiary/aromatic N) is 2. The van der Waals surface area contributed by atoms with E-state index in [1.54, 1.807) is 7.05 Å². The first-order chi connectivity index (χ1) is 10.5. The van der Waals surface area contributed by atoms with Gasteiger partial charge in [-0.2, -0.15) is 0 Å². The molecule has 1 aromatic carbocycles. The predicted octanol–water partition coefficient (Wildman–Crippen LogP) is 2.86. The Labute approximate surface area is 157 Å². The fourth-order valence-corrected chi connectivity index (χ4v) is 2.11. The molecule has 0 saturated carbocycles. The zero-order valence-electron chi connectivity index (χ0n) is 14.7. The topological polar surface area (TPSA) is 56.7 Å². The van der Waals surface area contributed by atoms with E-state index in [1.807, 2.05) is 43.0 Å². The summed E-state index contributed by atoms with van der Waals surface area (Å²) in [6.45, 7) is 10.3. The smallest absolute Gasteiger partial charge is 0.253 e. The van der Waals surface area contributed by atoms with Crippen molar-refractivity contribution < 1.29 is 4.79 Å². The van der Waals surface area contributed by atoms with Crippen molar-refractivity contribution in [2.45, 2.75) is 40.3 Å². The molecule has 0 aliphatic carbocycles. The second-order valence-corrected chi connectivity index (χ2v) is 5.40. The molecule has 0 atom stereocenters. The van der Waals surface area contributed by atoms with E-state index in [1.165, 1.54) is 0 Å². The van der Waals surface area contributed by atoms with Gasteiger partial charge in [0.2, 0.25) is 0 Å². The van der Waals surface area contributed by atoms with Gasteiger partial charge in [-0.25, -0.2) is 0 Å². The number of aliphatic imine (C=N–C) groups is 1. The number of carbonyl (C=O) groups is 1. The van der Waals surface area contributed by atoms with E-state index in [-0.39, 0.29) is 29.9 Å². The molecule has 23 heavy (non-hydrogen) atoms. The molecule has 0 unspecified atom stereocenters. The molecule has 0 aromatic heterocycles. The molecule has 1 amide bonds. The minimum absolute atomic E-state index is 0. The summed E-state index contributed by atoms with van der Waals surface area (Å²) in [4.78, 5) is 18.2. The summed E-state index contributed by atoms with van der Waals surface area (Å²) in [5.41, 5.74) is 1.85. The number of hydrogen-bond donors (Lipinski definition) is 2. The van der Waals surface area contributed by atoms with Crippen LogP contribution < -0.4 is 10.6 Å². The summed E-state index contributed by atoms with van der Waals surface area (Å²) in [7, 11) is 1.75. The normalized spacial score (nSPS) is 11.0. The molecular weight excluding hydrogens is 403 g/mol. The monoisotopic (exact) mass is 432 g/mol. The average Bonchev–Trinajstić information content (AvgIpc) is 2.52. The van der Waals surface area contributed by atoms with E-state index in [0.29, 0.717) is 12.6 Å². The summed E-state index contributed by atoms with van der Waals surface area (Å²) in [6.07, 6.45) is 0. The molecule has 0 fully saturated rings. The molecule has 5 nitrogen and oxygen atoms in total. The molecule has 0 aliphatic heterocycles. The van der Waals surface area contributed by atoms with Crippen molar-refractivity contribution in [2.24, 2.45) is 4.99 Å². The number of halogens is 1. The Balaban J connectivity index is 0.00000484. The van der Waals surface area contributed by atoms with Gasteiger partial charge in [0, 0.05) is 38.3 Å². The second-order valence-electron chi connectivity index (χ2n) is 5.40. The lowest BCUT2D eigenvalue weighted by molar-refractivity contribution is 0.0773. The maximum absolute atomic E-state index is 12.2. The highest BCUT2D eigenvalue weighted by Gasteiger charge is 2.11. The lowest BCUT2D eigenvalue weighted by Crippen LogP contribution is -2.40. The van der Waals surface area contributed by atoms with Crippen molar-refractivity contribution in [2.75, 3.05) is 20.1 Å². The summed E-state index contributed by atoms with van der Waals surface area (Å²) in [5, 5.41) is 6.49. The third-order valence-electron chi connectivity index (χ3n) is 3.36. The minimum atomic E-state index is 0. The number of benzene rings is 1. The van der Waals surface area contributed by atoms with E-state index in [9.17, 15) is 4.79 Å². The van der Waals surface area contributed by atoms with Gasteiger partial charge >= 0.3 is 0 Å². The Morgan fingerprint density at radius 2 is 1.74 bits per heavy atom. The molecule has 0 heterocycles. The van der Waals surface area contributed by atoms with Crippen LogP contribution in [0.5, 0.6) is 0 Å². The molecular formula is C17H29IN4O. The molecule has 130 valence electrons. The number of rotatable bonds is 6. The molecule has 0 saturated heterocycles. The van der Waals surface area contributed by atoms with Crippen LogP contribution in [0.15, 0.2) is 29.3 Å². The van der Waals surface area contributed by atoms with Gasteiger partial charge in [-0.3, -0.25) is 9.79 Å². The standard InChI is InChI=1S/C17H28N4O.HI/c1-6-21(7-2)16(22)15-10-8-14(9-11-15)12-19-17(18-5)20-13(3)4;/h8-11,13H,6-7,12H2,1-5H3,(H2,18,19,20);1H. The van der Waals surface area contributed by atoms with E-state index in [4.69, 9.17) is 0 Å². The summed E-state index contributed by atoms with van der Waals surface area (Å²) in [6, 6.07) is 8.06.